The molecule has 1 aromatic heterocycles. The predicted octanol–water partition coefficient (Wildman–Crippen LogP) is 3.72. The average Bonchev–Trinajstić information content (AvgIpc) is 3.16. The quantitative estimate of drug-likeness (QED) is 0.705. The van der Waals surface area contributed by atoms with Gasteiger partial charge in [0.15, 0.2) is 5.58 Å². The van der Waals surface area contributed by atoms with Gasteiger partial charge in [-0.05, 0) is 37.1 Å². The van der Waals surface area contributed by atoms with Crippen molar-refractivity contribution in [2.45, 2.75) is 12.8 Å². The summed E-state index contributed by atoms with van der Waals surface area (Å²) in [5.74, 6) is 0.251. The van der Waals surface area contributed by atoms with Crippen LogP contribution in [-0.2, 0) is 9.59 Å². The lowest BCUT2D eigenvalue weighted by Gasteiger charge is -2.30. The summed E-state index contributed by atoms with van der Waals surface area (Å²) in [7, 11) is 0. The van der Waals surface area contributed by atoms with E-state index in [9.17, 15) is 9.59 Å². The number of piperidine rings is 1. The van der Waals surface area contributed by atoms with Crippen molar-refractivity contribution in [3.63, 3.8) is 0 Å². The van der Waals surface area contributed by atoms with Crippen molar-refractivity contribution < 1.29 is 14.0 Å². The average molecular weight is 375 g/mol. The van der Waals surface area contributed by atoms with Gasteiger partial charge < -0.3 is 14.6 Å². The molecule has 2 amide bonds. The Labute approximate surface area is 162 Å². The first kappa shape index (κ1) is 18.0. The molecular formula is C22H21N3O3. The van der Waals surface area contributed by atoms with Gasteiger partial charge in [0.2, 0.25) is 17.7 Å². The van der Waals surface area contributed by atoms with Gasteiger partial charge in [0.25, 0.3) is 0 Å². The van der Waals surface area contributed by atoms with Gasteiger partial charge in [0, 0.05) is 36.8 Å². The van der Waals surface area contributed by atoms with Gasteiger partial charge in [0.05, 0.1) is 0 Å². The first-order valence-electron chi connectivity index (χ1n) is 9.37. The highest BCUT2D eigenvalue weighted by Gasteiger charge is 2.26. The molecule has 6 nitrogen and oxygen atoms in total. The summed E-state index contributed by atoms with van der Waals surface area (Å²) in [6.45, 7) is 1.12. The molecule has 1 saturated heterocycles. The van der Waals surface area contributed by atoms with Gasteiger partial charge in [-0.1, -0.05) is 30.3 Å². The van der Waals surface area contributed by atoms with Gasteiger partial charge in [-0.3, -0.25) is 9.59 Å². The van der Waals surface area contributed by atoms with Gasteiger partial charge in [-0.2, -0.15) is 0 Å². The largest absolute Gasteiger partial charge is 0.437 e. The fourth-order valence-corrected chi connectivity index (χ4v) is 3.34. The number of aromatic nitrogens is 1. The molecule has 1 aliphatic rings. The van der Waals surface area contributed by atoms with E-state index >= 15 is 0 Å². The highest BCUT2D eigenvalue weighted by atomic mass is 16.3. The first-order valence-corrected chi connectivity index (χ1v) is 9.37. The summed E-state index contributed by atoms with van der Waals surface area (Å²) in [4.78, 5) is 30.9. The van der Waals surface area contributed by atoms with E-state index in [4.69, 9.17) is 4.42 Å². The molecular weight excluding hydrogens is 354 g/mol. The van der Waals surface area contributed by atoms with Crippen molar-refractivity contribution >= 4 is 34.7 Å². The number of amides is 2. The lowest BCUT2D eigenvalue weighted by Crippen LogP contribution is -2.40. The number of likely N-dealkylation sites (tertiary alicyclic amines) is 1. The summed E-state index contributed by atoms with van der Waals surface area (Å²) >= 11 is 0. The van der Waals surface area contributed by atoms with Crippen LogP contribution in [0.1, 0.15) is 18.7 Å². The van der Waals surface area contributed by atoms with E-state index in [2.05, 4.69) is 10.3 Å². The van der Waals surface area contributed by atoms with E-state index in [-0.39, 0.29) is 17.7 Å². The summed E-state index contributed by atoms with van der Waals surface area (Å²) in [5, 5.41) is 2.94. The molecule has 2 heterocycles. The zero-order chi connectivity index (χ0) is 19.3. The highest BCUT2D eigenvalue weighted by molar-refractivity contribution is 5.94. The number of carbonyl (C=O) groups is 2. The topological polar surface area (TPSA) is 75.4 Å². The second-order valence-electron chi connectivity index (χ2n) is 6.81. The van der Waals surface area contributed by atoms with E-state index in [1.54, 1.807) is 11.0 Å². The second-order valence-corrected chi connectivity index (χ2v) is 6.81. The van der Waals surface area contributed by atoms with Gasteiger partial charge in [0.1, 0.15) is 5.52 Å². The molecule has 28 heavy (non-hydrogen) atoms. The van der Waals surface area contributed by atoms with Crippen molar-refractivity contribution in [1.82, 2.24) is 9.88 Å². The van der Waals surface area contributed by atoms with Crippen LogP contribution in [0.5, 0.6) is 0 Å². The van der Waals surface area contributed by atoms with Crippen LogP contribution < -0.4 is 5.32 Å². The summed E-state index contributed by atoms with van der Waals surface area (Å²) in [5.41, 5.74) is 2.26. The molecule has 6 heteroatoms. The molecule has 3 aromatic rings. The Bertz CT molecular complexity index is 969. The van der Waals surface area contributed by atoms with Crippen LogP contribution >= 0.6 is 0 Å². The number of benzene rings is 2. The molecule has 0 spiro atoms. The van der Waals surface area contributed by atoms with Crippen molar-refractivity contribution in [1.29, 1.82) is 0 Å². The van der Waals surface area contributed by atoms with Crippen LogP contribution in [-0.4, -0.2) is 34.8 Å². The SMILES string of the molecule is O=C(Nc1ccccc1)C1CCN(C(=O)/C=C/c2nc3ccccc3o2)CC1. The zero-order valence-corrected chi connectivity index (χ0v) is 15.4. The molecule has 0 radical (unpaired) electrons. The first-order chi connectivity index (χ1) is 13.7. The number of anilines is 1. The maximum atomic E-state index is 12.4. The molecule has 1 aliphatic heterocycles. The highest BCUT2D eigenvalue weighted by Crippen LogP contribution is 2.20. The third-order valence-electron chi connectivity index (χ3n) is 4.90. The molecule has 0 aliphatic carbocycles. The Hall–Kier alpha value is -3.41. The lowest BCUT2D eigenvalue weighted by molar-refractivity contribution is -0.130. The summed E-state index contributed by atoms with van der Waals surface area (Å²) < 4.78 is 5.59. The summed E-state index contributed by atoms with van der Waals surface area (Å²) in [6.07, 6.45) is 4.38. The van der Waals surface area contributed by atoms with Gasteiger partial charge in [-0.25, -0.2) is 4.98 Å². The lowest BCUT2D eigenvalue weighted by atomic mass is 9.95. The number of rotatable bonds is 4. The number of para-hydroxylation sites is 3. The maximum Gasteiger partial charge on any atom is 0.246 e. The van der Waals surface area contributed by atoms with Crippen molar-refractivity contribution in [2.24, 2.45) is 5.92 Å². The molecule has 1 N–H and O–H groups in total. The second kappa shape index (κ2) is 8.08. The fourth-order valence-electron chi connectivity index (χ4n) is 3.34. The molecule has 0 unspecified atom stereocenters. The third kappa shape index (κ3) is 4.11. The Morgan fingerprint density at radius 1 is 1.04 bits per heavy atom. The minimum absolute atomic E-state index is 0.0142. The van der Waals surface area contributed by atoms with Crippen LogP contribution in [0.2, 0.25) is 0 Å². The fraction of sp³-hybridized carbons (Fsp3) is 0.227. The molecule has 2 aromatic carbocycles. The Morgan fingerprint density at radius 2 is 1.75 bits per heavy atom. The van der Waals surface area contributed by atoms with E-state index < -0.39 is 0 Å². The van der Waals surface area contributed by atoms with Gasteiger partial charge >= 0.3 is 0 Å². The summed E-state index contributed by atoms with van der Waals surface area (Å²) in [6, 6.07) is 16.9. The van der Waals surface area contributed by atoms with E-state index in [1.165, 1.54) is 6.08 Å². The monoisotopic (exact) mass is 375 g/mol. The Kier molecular flexibility index (Phi) is 5.19. The number of hydrogen-bond donors (Lipinski definition) is 1. The van der Waals surface area contributed by atoms with Crippen molar-refractivity contribution in [3.05, 3.63) is 66.6 Å². The smallest absolute Gasteiger partial charge is 0.246 e. The molecule has 0 bridgehead atoms. The van der Waals surface area contributed by atoms with Crippen LogP contribution in [0.15, 0.2) is 65.1 Å². The van der Waals surface area contributed by atoms with Gasteiger partial charge in [-0.15, -0.1) is 0 Å². The van der Waals surface area contributed by atoms with Crippen molar-refractivity contribution in [2.75, 3.05) is 18.4 Å². The Balaban J connectivity index is 1.30. The number of nitrogens with one attached hydrogen (secondary N) is 1. The van der Waals surface area contributed by atoms with Crippen LogP contribution in [0.4, 0.5) is 5.69 Å². The molecule has 0 saturated carbocycles. The third-order valence-corrected chi connectivity index (χ3v) is 4.90. The number of nitrogens with zero attached hydrogens (tertiary/aromatic N) is 2. The normalized spacial score (nSPS) is 15.2. The molecule has 4 rings (SSSR count). The molecule has 1 fully saturated rings. The molecule has 142 valence electrons. The van der Waals surface area contributed by atoms with Crippen LogP contribution in [0, 0.1) is 5.92 Å². The van der Waals surface area contributed by atoms with E-state index in [1.807, 2.05) is 54.6 Å². The molecule has 0 atom stereocenters. The number of fused-ring (bicyclic) bond motifs is 1. The number of carbonyl (C=O) groups excluding carboxylic acids is 2. The Morgan fingerprint density at radius 3 is 2.50 bits per heavy atom. The predicted molar refractivity (Wildman–Crippen MR) is 107 cm³/mol. The number of hydrogen-bond acceptors (Lipinski definition) is 4. The van der Waals surface area contributed by atoms with Crippen LogP contribution in [0.25, 0.3) is 17.2 Å². The standard InChI is InChI=1S/C22H21N3O3/c26-21(11-10-20-24-18-8-4-5-9-19(18)28-20)25-14-12-16(13-15-25)22(27)23-17-6-2-1-3-7-17/h1-11,16H,12-15H2,(H,23,27)/b11-10+. The zero-order valence-electron chi connectivity index (χ0n) is 15.4. The van der Waals surface area contributed by atoms with Crippen LogP contribution in [0.3, 0.4) is 0 Å². The minimum Gasteiger partial charge on any atom is -0.437 e. The van der Waals surface area contributed by atoms with Crippen molar-refractivity contribution in [3.8, 4) is 0 Å². The maximum absolute atomic E-state index is 12.4. The number of oxazole rings is 1. The minimum atomic E-state index is -0.0934. The van der Waals surface area contributed by atoms with E-state index in [0.717, 1.165) is 11.2 Å². The van der Waals surface area contributed by atoms with E-state index in [0.29, 0.717) is 37.4 Å².